The molecule has 0 spiro atoms. The first kappa shape index (κ1) is 14.3. The zero-order valence-corrected chi connectivity index (χ0v) is 11.9. The summed E-state index contributed by atoms with van der Waals surface area (Å²) in [5.41, 5.74) is 1.11. The monoisotopic (exact) mass is 274 g/mol. The second-order valence-electron chi connectivity index (χ2n) is 4.87. The van der Waals surface area contributed by atoms with Crippen molar-refractivity contribution in [1.29, 1.82) is 0 Å². The smallest absolute Gasteiger partial charge is 0.336 e. The fourth-order valence-corrected chi connectivity index (χ4v) is 2.05. The summed E-state index contributed by atoms with van der Waals surface area (Å²) in [5.74, 6) is 0.475. The van der Waals surface area contributed by atoms with Crippen molar-refractivity contribution in [3.8, 4) is 5.75 Å². The van der Waals surface area contributed by atoms with Crippen LogP contribution in [0.1, 0.15) is 32.8 Å². The molecule has 106 valence electrons. The van der Waals surface area contributed by atoms with Gasteiger partial charge in [0.05, 0.1) is 0 Å². The molecule has 2 rings (SSSR count). The molecule has 1 aromatic heterocycles. The lowest BCUT2D eigenvalue weighted by Crippen LogP contribution is -2.20. The van der Waals surface area contributed by atoms with Crippen LogP contribution in [-0.4, -0.2) is 11.9 Å². The van der Waals surface area contributed by atoms with Crippen molar-refractivity contribution in [2.75, 3.05) is 0 Å². The Hall–Kier alpha value is -2.10. The zero-order chi connectivity index (χ0) is 14.7. The SMILES string of the molecule is CCCc1cc(=O)oc2cc(OC(C)C(C)=O)ccc12. The number of Topliss-reactive ketones (excluding diaryl/α,β-unsaturated/α-hetero) is 1. The maximum absolute atomic E-state index is 11.6. The van der Waals surface area contributed by atoms with Crippen LogP contribution >= 0.6 is 0 Å². The lowest BCUT2D eigenvalue weighted by molar-refractivity contribution is -0.122. The first-order valence-electron chi connectivity index (χ1n) is 6.75. The zero-order valence-electron chi connectivity index (χ0n) is 11.9. The minimum absolute atomic E-state index is 0.0497. The van der Waals surface area contributed by atoms with Crippen LogP contribution in [0.3, 0.4) is 0 Å². The molecule has 4 heteroatoms. The summed E-state index contributed by atoms with van der Waals surface area (Å²) in [6.07, 6.45) is 1.27. The van der Waals surface area contributed by atoms with E-state index < -0.39 is 6.10 Å². The molecular weight excluding hydrogens is 256 g/mol. The number of hydrogen-bond donors (Lipinski definition) is 0. The summed E-state index contributed by atoms with van der Waals surface area (Å²) < 4.78 is 10.7. The Labute approximate surface area is 117 Å². The Bertz CT molecular complexity index is 684. The number of rotatable bonds is 5. The molecule has 2 aromatic rings. The summed E-state index contributed by atoms with van der Waals surface area (Å²) in [6.45, 7) is 5.23. The standard InChI is InChI=1S/C16H18O4/c1-4-5-12-8-16(18)20-15-9-13(6-7-14(12)15)19-11(3)10(2)17/h6-9,11H,4-5H2,1-3H3. The van der Waals surface area contributed by atoms with Crippen molar-refractivity contribution < 1.29 is 13.9 Å². The Morgan fingerprint density at radius 1 is 1.35 bits per heavy atom. The van der Waals surface area contributed by atoms with Gasteiger partial charge in [-0.15, -0.1) is 0 Å². The van der Waals surface area contributed by atoms with Crippen LogP contribution in [0.2, 0.25) is 0 Å². The molecular formula is C16H18O4. The van der Waals surface area contributed by atoms with Crippen molar-refractivity contribution in [3.05, 3.63) is 40.2 Å². The summed E-state index contributed by atoms with van der Waals surface area (Å²) in [6, 6.07) is 6.85. The lowest BCUT2D eigenvalue weighted by Gasteiger charge is -2.12. The van der Waals surface area contributed by atoms with Crippen molar-refractivity contribution in [2.24, 2.45) is 0 Å². The molecule has 0 saturated carbocycles. The van der Waals surface area contributed by atoms with Gasteiger partial charge in [-0.05, 0) is 38.0 Å². The van der Waals surface area contributed by atoms with E-state index in [4.69, 9.17) is 9.15 Å². The summed E-state index contributed by atoms with van der Waals surface area (Å²) in [5, 5.41) is 0.911. The van der Waals surface area contributed by atoms with Gasteiger partial charge in [-0.2, -0.15) is 0 Å². The topological polar surface area (TPSA) is 56.5 Å². The van der Waals surface area contributed by atoms with Gasteiger partial charge in [-0.3, -0.25) is 4.79 Å². The summed E-state index contributed by atoms with van der Waals surface area (Å²) in [4.78, 5) is 22.8. The van der Waals surface area contributed by atoms with E-state index in [2.05, 4.69) is 6.92 Å². The molecule has 0 amide bonds. The molecule has 0 bridgehead atoms. The number of ether oxygens (including phenoxy) is 1. The Morgan fingerprint density at radius 2 is 2.10 bits per heavy atom. The van der Waals surface area contributed by atoms with Gasteiger partial charge in [0, 0.05) is 17.5 Å². The van der Waals surface area contributed by atoms with E-state index in [1.807, 2.05) is 6.07 Å². The normalized spacial score (nSPS) is 12.3. The van der Waals surface area contributed by atoms with Gasteiger partial charge in [-0.25, -0.2) is 4.79 Å². The average molecular weight is 274 g/mol. The van der Waals surface area contributed by atoms with E-state index in [9.17, 15) is 9.59 Å². The molecule has 0 aliphatic rings. The van der Waals surface area contributed by atoms with Gasteiger partial charge in [0.2, 0.25) is 0 Å². The number of aryl methyl sites for hydroxylation is 1. The maximum Gasteiger partial charge on any atom is 0.336 e. The van der Waals surface area contributed by atoms with Crippen LogP contribution < -0.4 is 10.4 Å². The summed E-state index contributed by atoms with van der Waals surface area (Å²) in [7, 11) is 0. The second kappa shape index (κ2) is 5.90. The Balaban J connectivity index is 2.44. The molecule has 1 unspecified atom stereocenters. The number of carbonyl (C=O) groups excluding carboxylic acids is 1. The van der Waals surface area contributed by atoms with E-state index in [-0.39, 0.29) is 11.4 Å². The van der Waals surface area contributed by atoms with Gasteiger partial charge in [0.25, 0.3) is 0 Å². The number of hydrogen-bond acceptors (Lipinski definition) is 4. The first-order valence-corrected chi connectivity index (χ1v) is 6.75. The molecule has 1 atom stereocenters. The highest BCUT2D eigenvalue weighted by atomic mass is 16.5. The predicted octanol–water partition coefficient (Wildman–Crippen LogP) is 3.10. The van der Waals surface area contributed by atoms with Crippen LogP contribution in [0.4, 0.5) is 0 Å². The van der Waals surface area contributed by atoms with E-state index in [1.54, 1.807) is 19.1 Å². The quantitative estimate of drug-likeness (QED) is 0.786. The van der Waals surface area contributed by atoms with Crippen molar-refractivity contribution >= 4 is 16.8 Å². The van der Waals surface area contributed by atoms with Crippen LogP contribution in [0.5, 0.6) is 5.75 Å². The van der Waals surface area contributed by atoms with E-state index >= 15 is 0 Å². The molecule has 1 heterocycles. The lowest BCUT2D eigenvalue weighted by atomic mass is 10.1. The molecule has 0 radical (unpaired) electrons. The third kappa shape index (κ3) is 3.07. The van der Waals surface area contributed by atoms with Gasteiger partial charge in [0.1, 0.15) is 11.3 Å². The van der Waals surface area contributed by atoms with Gasteiger partial charge < -0.3 is 9.15 Å². The molecule has 20 heavy (non-hydrogen) atoms. The molecule has 0 N–H and O–H groups in total. The fraction of sp³-hybridized carbons (Fsp3) is 0.375. The largest absolute Gasteiger partial charge is 0.483 e. The van der Waals surface area contributed by atoms with Crippen LogP contribution in [0, 0.1) is 0 Å². The number of carbonyl (C=O) groups is 1. The Morgan fingerprint density at radius 3 is 2.75 bits per heavy atom. The molecule has 0 aliphatic heterocycles. The molecule has 1 aromatic carbocycles. The highest BCUT2D eigenvalue weighted by molar-refractivity contribution is 5.82. The highest BCUT2D eigenvalue weighted by Crippen LogP contribution is 2.24. The van der Waals surface area contributed by atoms with Crippen molar-refractivity contribution in [3.63, 3.8) is 0 Å². The summed E-state index contributed by atoms with van der Waals surface area (Å²) >= 11 is 0. The van der Waals surface area contributed by atoms with Crippen molar-refractivity contribution in [1.82, 2.24) is 0 Å². The van der Waals surface area contributed by atoms with E-state index in [0.29, 0.717) is 11.3 Å². The fourth-order valence-electron chi connectivity index (χ4n) is 2.05. The molecule has 4 nitrogen and oxygen atoms in total. The second-order valence-corrected chi connectivity index (χ2v) is 4.87. The number of benzene rings is 1. The molecule has 0 aliphatic carbocycles. The van der Waals surface area contributed by atoms with Gasteiger partial charge in [0.15, 0.2) is 11.9 Å². The van der Waals surface area contributed by atoms with E-state index in [1.165, 1.54) is 13.0 Å². The predicted molar refractivity (Wildman–Crippen MR) is 77.3 cm³/mol. The van der Waals surface area contributed by atoms with E-state index in [0.717, 1.165) is 23.8 Å². The maximum atomic E-state index is 11.6. The highest BCUT2D eigenvalue weighted by Gasteiger charge is 2.11. The number of fused-ring (bicyclic) bond motifs is 1. The minimum Gasteiger partial charge on any atom is -0.483 e. The van der Waals surface area contributed by atoms with Crippen LogP contribution in [-0.2, 0) is 11.2 Å². The van der Waals surface area contributed by atoms with Crippen LogP contribution in [0.15, 0.2) is 33.5 Å². The third-order valence-electron chi connectivity index (χ3n) is 3.21. The average Bonchev–Trinajstić information content (AvgIpc) is 2.38. The van der Waals surface area contributed by atoms with Crippen molar-refractivity contribution in [2.45, 2.75) is 39.7 Å². The number of ketones is 1. The van der Waals surface area contributed by atoms with Crippen LogP contribution in [0.25, 0.3) is 11.0 Å². The van der Waals surface area contributed by atoms with Gasteiger partial charge in [-0.1, -0.05) is 13.3 Å². The minimum atomic E-state index is -0.516. The molecule has 0 fully saturated rings. The third-order valence-corrected chi connectivity index (χ3v) is 3.21. The molecule has 0 saturated heterocycles. The Kier molecular flexibility index (Phi) is 4.23. The first-order chi connectivity index (χ1) is 9.51. The van der Waals surface area contributed by atoms with Gasteiger partial charge >= 0.3 is 5.63 Å².